The van der Waals surface area contributed by atoms with E-state index in [9.17, 15) is 18.4 Å². The Balaban J connectivity index is 1.81. The Morgan fingerprint density at radius 1 is 1.37 bits per heavy atom. The van der Waals surface area contributed by atoms with Crippen molar-refractivity contribution in [3.8, 4) is 0 Å². The van der Waals surface area contributed by atoms with Crippen molar-refractivity contribution < 1.29 is 27.8 Å². The molecular weight excluding hydrogens is 258 g/mol. The fourth-order valence-electron chi connectivity index (χ4n) is 3.22. The number of alkyl halides is 2. The summed E-state index contributed by atoms with van der Waals surface area (Å²) in [5.74, 6) is -5.12. The van der Waals surface area contributed by atoms with Crippen LogP contribution in [0.3, 0.4) is 0 Å². The number of ether oxygens (including phenoxy) is 2. The molecule has 0 saturated heterocycles. The van der Waals surface area contributed by atoms with Crippen LogP contribution < -0.4 is 0 Å². The average Bonchev–Trinajstić information content (AvgIpc) is 2.83. The maximum atomic E-state index is 12.5. The highest BCUT2D eigenvalue weighted by atomic mass is 19.3. The number of halogens is 2. The molecule has 19 heavy (non-hydrogen) atoms. The van der Waals surface area contributed by atoms with Crippen molar-refractivity contribution in [3.05, 3.63) is 0 Å². The second-order valence-electron chi connectivity index (χ2n) is 5.83. The first-order valence-corrected chi connectivity index (χ1v) is 6.47. The monoisotopic (exact) mass is 276 g/mol. The number of hydrogen-bond donors (Lipinski definition) is 0. The Morgan fingerprint density at radius 2 is 2.05 bits per heavy atom. The van der Waals surface area contributed by atoms with Gasteiger partial charge in [0.25, 0.3) is 0 Å². The van der Waals surface area contributed by atoms with Gasteiger partial charge in [-0.25, -0.2) is 9.59 Å². The Morgan fingerprint density at radius 3 is 2.53 bits per heavy atom. The van der Waals surface area contributed by atoms with Crippen LogP contribution in [0.25, 0.3) is 0 Å². The molecule has 0 heterocycles. The highest BCUT2D eigenvalue weighted by molar-refractivity contribution is 5.80. The lowest BCUT2D eigenvalue weighted by Crippen LogP contribution is -2.39. The Bertz CT molecular complexity index is 391. The first kappa shape index (κ1) is 14.2. The lowest BCUT2D eigenvalue weighted by atomic mass is 9.86. The summed E-state index contributed by atoms with van der Waals surface area (Å²) in [5, 5.41) is 0. The second-order valence-corrected chi connectivity index (χ2v) is 5.83. The molecule has 4 nitrogen and oxygen atoms in total. The highest BCUT2D eigenvalue weighted by Gasteiger charge is 2.50. The molecule has 0 aromatic carbocycles. The van der Waals surface area contributed by atoms with Crippen LogP contribution in [0.15, 0.2) is 0 Å². The summed E-state index contributed by atoms with van der Waals surface area (Å²) in [6, 6.07) is 0. The molecule has 0 aromatic heterocycles. The van der Waals surface area contributed by atoms with Gasteiger partial charge >= 0.3 is 17.9 Å². The predicted octanol–water partition coefficient (Wildman–Crippen LogP) is 2.31. The second kappa shape index (κ2) is 4.72. The van der Waals surface area contributed by atoms with Crippen molar-refractivity contribution in [2.45, 2.75) is 51.1 Å². The minimum atomic E-state index is -3.59. The SMILES string of the molecule is CC(F)(F)C(=O)OCC(=O)OC1(C)CC2CCC1C2. The number of rotatable bonds is 4. The molecule has 2 saturated carbocycles. The number of esters is 2. The van der Waals surface area contributed by atoms with Crippen molar-refractivity contribution in [1.29, 1.82) is 0 Å². The average molecular weight is 276 g/mol. The van der Waals surface area contributed by atoms with E-state index in [0.717, 1.165) is 25.7 Å². The van der Waals surface area contributed by atoms with Gasteiger partial charge in [-0.1, -0.05) is 0 Å². The van der Waals surface area contributed by atoms with Crippen molar-refractivity contribution in [2.75, 3.05) is 6.61 Å². The van der Waals surface area contributed by atoms with E-state index in [1.54, 1.807) is 0 Å². The largest absolute Gasteiger partial charge is 0.457 e. The standard InChI is InChI=1S/C13H18F2O4/c1-12(6-8-3-4-9(12)5-8)19-10(16)7-18-11(17)13(2,14)15/h8-9H,3-7H2,1-2H3. The van der Waals surface area contributed by atoms with E-state index < -0.39 is 30.1 Å². The zero-order chi connectivity index (χ0) is 14.3. The van der Waals surface area contributed by atoms with Crippen LogP contribution in [-0.2, 0) is 19.1 Å². The summed E-state index contributed by atoms with van der Waals surface area (Å²) in [7, 11) is 0. The van der Waals surface area contributed by atoms with E-state index in [1.165, 1.54) is 0 Å². The normalized spacial score (nSPS) is 33.3. The molecule has 0 N–H and O–H groups in total. The lowest BCUT2D eigenvalue weighted by molar-refractivity contribution is -0.182. The Kier molecular flexibility index (Phi) is 3.53. The van der Waals surface area contributed by atoms with Gasteiger partial charge in [-0.15, -0.1) is 0 Å². The molecule has 108 valence electrons. The first-order valence-electron chi connectivity index (χ1n) is 6.47. The summed E-state index contributed by atoms with van der Waals surface area (Å²) in [6.07, 6.45) is 4.05. The lowest BCUT2D eigenvalue weighted by Gasteiger charge is -2.33. The van der Waals surface area contributed by atoms with Gasteiger partial charge in [0.1, 0.15) is 5.60 Å². The van der Waals surface area contributed by atoms with Crippen LogP contribution in [0, 0.1) is 11.8 Å². The van der Waals surface area contributed by atoms with Gasteiger partial charge in [0, 0.05) is 6.92 Å². The Labute approximate surface area is 110 Å². The molecule has 0 radical (unpaired) electrons. The molecular formula is C13H18F2O4. The molecule has 2 aliphatic rings. The molecule has 2 fully saturated rings. The molecule has 0 amide bonds. The molecule has 0 aliphatic heterocycles. The summed E-state index contributed by atoms with van der Waals surface area (Å²) in [5.41, 5.74) is -0.527. The van der Waals surface area contributed by atoms with Crippen molar-refractivity contribution in [1.82, 2.24) is 0 Å². The van der Waals surface area contributed by atoms with Crippen LogP contribution in [0.4, 0.5) is 8.78 Å². The zero-order valence-electron chi connectivity index (χ0n) is 11.1. The molecule has 2 rings (SSSR count). The maximum absolute atomic E-state index is 12.5. The molecule has 0 spiro atoms. The van der Waals surface area contributed by atoms with Gasteiger partial charge < -0.3 is 9.47 Å². The summed E-state index contributed by atoms with van der Waals surface area (Å²) in [6.45, 7) is 1.54. The van der Waals surface area contributed by atoms with Gasteiger partial charge in [0.05, 0.1) is 0 Å². The third kappa shape index (κ3) is 3.04. The smallest absolute Gasteiger partial charge is 0.377 e. The summed E-state index contributed by atoms with van der Waals surface area (Å²) < 4.78 is 34.7. The first-order chi connectivity index (χ1) is 8.71. The quantitative estimate of drug-likeness (QED) is 0.739. The van der Waals surface area contributed by atoms with Crippen molar-refractivity contribution in [2.24, 2.45) is 11.8 Å². The summed E-state index contributed by atoms with van der Waals surface area (Å²) in [4.78, 5) is 22.4. The van der Waals surface area contributed by atoms with Gasteiger partial charge in [0.15, 0.2) is 6.61 Å². The minimum Gasteiger partial charge on any atom is -0.457 e. The van der Waals surface area contributed by atoms with E-state index in [1.807, 2.05) is 6.92 Å². The minimum absolute atomic E-state index is 0.338. The van der Waals surface area contributed by atoms with E-state index in [4.69, 9.17) is 4.74 Å². The third-order valence-electron chi connectivity index (χ3n) is 4.13. The fourth-order valence-corrected chi connectivity index (χ4v) is 3.22. The fraction of sp³-hybridized carbons (Fsp3) is 0.846. The number of carbonyl (C=O) groups excluding carboxylic acids is 2. The van der Waals surface area contributed by atoms with Crippen LogP contribution >= 0.6 is 0 Å². The van der Waals surface area contributed by atoms with Crippen LogP contribution in [0.5, 0.6) is 0 Å². The van der Waals surface area contributed by atoms with Crippen molar-refractivity contribution in [3.63, 3.8) is 0 Å². The number of fused-ring (bicyclic) bond motifs is 2. The summed E-state index contributed by atoms with van der Waals surface area (Å²) >= 11 is 0. The van der Waals surface area contributed by atoms with E-state index in [0.29, 0.717) is 18.8 Å². The van der Waals surface area contributed by atoms with E-state index >= 15 is 0 Å². The van der Waals surface area contributed by atoms with Crippen LogP contribution in [0.2, 0.25) is 0 Å². The van der Waals surface area contributed by atoms with E-state index in [-0.39, 0.29) is 0 Å². The van der Waals surface area contributed by atoms with Gasteiger partial charge in [0.2, 0.25) is 0 Å². The van der Waals surface area contributed by atoms with Gasteiger partial charge in [-0.2, -0.15) is 8.78 Å². The molecule has 2 bridgehead atoms. The zero-order valence-corrected chi connectivity index (χ0v) is 11.1. The highest BCUT2D eigenvalue weighted by Crippen LogP contribution is 2.52. The van der Waals surface area contributed by atoms with Crippen molar-refractivity contribution >= 4 is 11.9 Å². The maximum Gasteiger partial charge on any atom is 0.377 e. The molecule has 2 aliphatic carbocycles. The van der Waals surface area contributed by atoms with Gasteiger partial charge in [-0.3, -0.25) is 0 Å². The van der Waals surface area contributed by atoms with Gasteiger partial charge in [-0.05, 0) is 44.4 Å². The molecule has 3 unspecified atom stereocenters. The van der Waals surface area contributed by atoms with Crippen LogP contribution in [0.1, 0.15) is 39.5 Å². The Hall–Kier alpha value is -1.20. The molecule has 3 atom stereocenters. The number of hydrogen-bond acceptors (Lipinski definition) is 4. The predicted molar refractivity (Wildman–Crippen MR) is 61.5 cm³/mol. The molecule has 6 heteroatoms. The topological polar surface area (TPSA) is 52.6 Å². The number of carbonyl (C=O) groups is 2. The molecule has 0 aromatic rings. The third-order valence-corrected chi connectivity index (χ3v) is 4.13. The van der Waals surface area contributed by atoms with Crippen LogP contribution in [-0.4, -0.2) is 30.1 Å². The van der Waals surface area contributed by atoms with E-state index in [2.05, 4.69) is 4.74 Å².